The number of ether oxygens (including phenoxy) is 1. The minimum atomic E-state index is -1.33. The first kappa shape index (κ1) is 35.2. The second kappa shape index (κ2) is 49.5. The first-order chi connectivity index (χ1) is 11.9. The Morgan fingerprint density at radius 2 is 0.720 bits per heavy atom. The molecule has 0 atom stereocenters. The smallest absolute Gasteiger partial charge is 0.402 e. The van der Waals surface area contributed by atoms with E-state index in [1.807, 2.05) is 0 Å². The number of unbranched alkanes of at least 4 members (excludes halogenated alkanes) is 3. The van der Waals surface area contributed by atoms with Crippen LogP contribution in [0.25, 0.3) is 0 Å². The third-order valence-electron chi connectivity index (χ3n) is 1.70. The Morgan fingerprint density at radius 1 is 0.640 bits per heavy atom. The van der Waals surface area contributed by atoms with Crippen LogP contribution in [0.4, 0.5) is 4.79 Å². The summed E-state index contributed by atoms with van der Waals surface area (Å²) in [6.45, 7) is 1.17. The van der Waals surface area contributed by atoms with Gasteiger partial charge in [-0.3, -0.25) is 0 Å². The number of aliphatic hydroxyl groups is 6. The van der Waals surface area contributed by atoms with E-state index in [9.17, 15) is 0 Å². The third kappa shape index (κ3) is 159. The number of methoxy groups -OCH3 is 1. The number of nitrogens with two attached hydrogens (primary N) is 1. The van der Waals surface area contributed by atoms with Crippen LogP contribution in [0.3, 0.4) is 0 Å². The highest BCUT2D eigenvalue weighted by Gasteiger charge is 1.78. The average Bonchev–Trinajstić information content (AvgIpc) is 2.57. The van der Waals surface area contributed by atoms with E-state index in [1.165, 1.54) is 0 Å². The van der Waals surface area contributed by atoms with Crippen LogP contribution >= 0.6 is 0 Å². The molecule has 0 unspecified atom stereocenters. The van der Waals surface area contributed by atoms with E-state index >= 15 is 0 Å². The maximum absolute atomic E-state index is 8.78. The quantitative estimate of drug-likeness (QED) is 0.236. The highest BCUT2D eigenvalue weighted by molar-refractivity contribution is 5.61. The number of carbonyl (C=O) groups is 1. The Morgan fingerprint density at radius 3 is 0.760 bits per heavy atom. The SMILES string of the molecule is COC.NC(=O)O.OCCCCO.OCCCCO.OCCCCO. The second-order valence-electron chi connectivity index (χ2n) is 4.21. The van der Waals surface area contributed by atoms with Gasteiger partial charge >= 0.3 is 6.09 Å². The molecular weight excluding hydrogens is 338 g/mol. The van der Waals surface area contributed by atoms with Gasteiger partial charge in [-0.05, 0) is 38.5 Å². The van der Waals surface area contributed by atoms with Crippen LogP contribution < -0.4 is 5.73 Å². The van der Waals surface area contributed by atoms with Gasteiger partial charge in [0.05, 0.1) is 0 Å². The zero-order valence-corrected chi connectivity index (χ0v) is 15.5. The van der Waals surface area contributed by atoms with Gasteiger partial charge < -0.3 is 46.2 Å². The molecule has 0 bridgehead atoms. The summed E-state index contributed by atoms with van der Waals surface area (Å²) in [5.74, 6) is 0. The fourth-order valence-corrected chi connectivity index (χ4v) is 0.671. The average molecular weight is 377 g/mol. The number of aliphatic hydroxyl groups excluding tert-OH is 6. The highest BCUT2D eigenvalue weighted by Crippen LogP contribution is 1.81. The predicted molar refractivity (Wildman–Crippen MR) is 95.4 cm³/mol. The maximum Gasteiger partial charge on any atom is 0.402 e. The number of hydrogen-bond acceptors (Lipinski definition) is 8. The lowest BCUT2D eigenvalue weighted by Gasteiger charge is -1.85. The van der Waals surface area contributed by atoms with Gasteiger partial charge in [0.2, 0.25) is 0 Å². The molecule has 0 spiro atoms. The summed E-state index contributed by atoms with van der Waals surface area (Å²) < 4.78 is 4.25. The number of rotatable bonds is 9. The third-order valence-corrected chi connectivity index (χ3v) is 1.70. The molecule has 0 aliphatic rings. The number of hydrogen-bond donors (Lipinski definition) is 8. The van der Waals surface area contributed by atoms with E-state index in [-0.39, 0.29) is 39.6 Å². The Hall–Kier alpha value is -1.01. The molecule has 158 valence electrons. The number of primary amides is 1. The Balaban J connectivity index is -0.0000000682. The van der Waals surface area contributed by atoms with Crippen LogP contribution in [-0.2, 0) is 4.74 Å². The van der Waals surface area contributed by atoms with Gasteiger partial charge in [0.25, 0.3) is 0 Å². The van der Waals surface area contributed by atoms with Crippen molar-refractivity contribution in [2.45, 2.75) is 38.5 Å². The second-order valence-corrected chi connectivity index (χ2v) is 4.21. The van der Waals surface area contributed by atoms with Crippen molar-refractivity contribution in [2.24, 2.45) is 5.73 Å². The summed E-state index contributed by atoms with van der Waals surface area (Å²) >= 11 is 0. The Kier molecular flexibility index (Phi) is 69.6. The highest BCUT2D eigenvalue weighted by atomic mass is 16.4. The van der Waals surface area contributed by atoms with Gasteiger partial charge in [0.15, 0.2) is 0 Å². The minimum Gasteiger partial charge on any atom is -0.465 e. The van der Waals surface area contributed by atoms with Gasteiger partial charge in [-0.25, -0.2) is 4.79 Å². The summed E-state index contributed by atoms with van der Waals surface area (Å²) in [5.41, 5.74) is 4.03. The number of amides is 1. The molecule has 25 heavy (non-hydrogen) atoms. The molecule has 10 nitrogen and oxygen atoms in total. The maximum atomic E-state index is 8.78. The molecule has 0 aromatic rings. The summed E-state index contributed by atoms with van der Waals surface area (Å²) in [6, 6.07) is 0. The van der Waals surface area contributed by atoms with E-state index in [0.29, 0.717) is 0 Å². The standard InChI is InChI=1S/3C4H10O2.C2H6O.CH3NO2/c3*5-3-1-2-4-6;1-3-2;2-1(3)4/h3*5-6H,1-4H2;1-2H3;2H2,(H,3,4). The zero-order valence-electron chi connectivity index (χ0n) is 15.5. The van der Waals surface area contributed by atoms with E-state index in [2.05, 4.69) is 10.5 Å². The molecule has 0 aromatic carbocycles. The lowest BCUT2D eigenvalue weighted by atomic mass is 10.3. The van der Waals surface area contributed by atoms with Crippen molar-refractivity contribution in [3.05, 3.63) is 0 Å². The van der Waals surface area contributed by atoms with Crippen molar-refractivity contribution in [3.63, 3.8) is 0 Å². The van der Waals surface area contributed by atoms with E-state index in [4.69, 9.17) is 40.5 Å². The summed E-state index contributed by atoms with van der Waals surface area (Å²) in [4.78, 5) is 8.78. The zero-order chi connectivity index (χ0) is 20.8. The fraction of sp³-hybridized carbons (Fsp3) is 0.933. The molecule has 1 amide bonds. The number of carboxylic acid groups (broad SMARTS) is 1. The van der Waals surface area contributed by atoms with Crippen molar-refractivity contribution in [1.82, 2.24) is 0 Å². The van der Waals surface area contributed by atoms with E-state index < -0.39 is 6.09 Å². The molecule has 10 heteroatoms. The molecule has 0 saturated heterocycles. The van der Waals surface area contributed by atoms with Crippen molar-refractivity contribution in [1.29, 1.82) is 0 Å². The Bertz CT molecular complexity index is 151. The fourth-order valence-electron chi connectivity index (χ4n) is 0.671. The largest absolute Gasteiger partial charge is 0.465 e. The van der Waals surface area contributed by atoms with Crippen LogP contribution in [-0.4, -0.2) is 95.7 Å². The molecular formula is C15H39NO9. The van der Waals surface area contributed by atoms with Gasteiger partial charge in [-0.2, -0.15) is 0 Å². The van der Waals surface area contributed by atoms with Crippen molar-refractivity contribution in [3.8, 4) is 0 Å². The van der Waals surface area contributed by atoms with Crippen LogP contribution in [0.2, 0.25) is 0 Å². The van der Waals surface area contributed by atoms with Crippen molar-refractivity contribution >= 4 is 6.09 Å². The van der Waals surface area contributed by atoms with Gasteiger partial charge in [0.1, 0.15) is 0 Å². The summed E-state index contributed by atoms with van der Waals surface area (Å²) in [5, 5.41) is 55.7. The van der Waals surface area contributed by atoms with Gasteiger partial charge in [-0.15, -0.1) is 0 Å². The van der Waals surface area contributed by atoms with Crippen LogP contribution in [0.1, 0.15) is 38.5 Å². The molecule has 0 radical (unpaired) electrons. The molecule has 9 N–H and O–H groups in total. The van der Waals surface area contributed by atoms with Crippen molar-refractivity contribution < 1.29 is 45.3 Å². The molecule has 0 saturated carbocycles. The van der Waals surface area contributed by atoms with E-state index in [1.54, 1.807) is 14.2 Å². The Labute approximate surface area is 150 Å². The first-order valence-electron chi connectivity index (χ1n) is 7.93. The van der Waals surface area contributed by atoms with Crippen LogP contribution in [0.5, 0.6) is 0 Å². The molecule has 0 fully saturated rings. The van der Waals surface area contributed by atoms with Crippen molar-refractivity contribution in [2.75, 3.05) is 53.9 Å². The lowest BCUT2D eigenvalue weighted by Crippen LogP contribution is -2.03. The normalized spacial score (nSPS) is 8.16. The topological polar surface area (TPSA) is 194 Å². The lowest BCUT2D eigenvalue weighted by molar-refractivity contribution is 0.205. The summed E-state index contributed by atoms with van der Waals surface area (Å²) in [7, 11) is 3.25. The minimum absolute atomic E-state index is 0.195. The van der Waals surface area contributed by atoms with Gasteiger partial charge in [0, 0.05) is 53.9 Å². The predicted octanol–water partition coefficient (Wildman–Crippen LogP) is -0.861. The molecule has 0 aromatic heterocycles. The monoisotopic (exact) mass is 377 g/mol. The first-order valence-corrected chi connectivity index (χ1v) is 7.93. The molecule has 0 aliphatic heterocycles. The molecule has 0 aliphatic carbocycles. The van der Waals surface area contributed by atoms with Crippen LogP contribution in [0, 0.1) is 0 Å². The van der Waals surface area contributed by atoms with Gasteiger partial charge in [-0.1, -0.05) is 0 Å². The van der Waals surface area contributed by atoms with Crippen LogP contribution in [0.15, 0.2) is 0 Å². The molecule has 0 heterocycles. The summed E-state index contributed by atoms with van der Waals surface area (Å²) in [6.07, 6.45) is 2.98. The van der Waals surface area contributed by atoms with E-state index in [0.717, 1.165) is 38.5 Å². The molecule has 0 rings (SSSR count).